The van der Waals surface area contributed by atoms with Crippen LogP contribution in [0.2, 0.25) is 0 Å². The summed E-state index contributed by atoms with van der Waals surface area (Å²) in [5.41, 5.74) is 0. The first-order valence-corrected chi connectivity index (χ1v) is 6.66. The average Bonchev–Trinajstić information content (AvgIpc) is 3.08. The molecule has 1 aliphatic rings. The third-order valence-electron chi connectivity index (χ3n) is 3.29. The second-order valence-electron chi connectivity index (χ2n) is 5.00. The molecule has 1 saturated carbocycles. The van der Waals surface area contributed by atoms with Crippen LogP contribution in [0.25, 0.3) is 0 Å². The van der Waals surface area contributed by atoms with E-state index in [0.29, 0.717) is 13.2 Å². The molecule has 1 rings (SSSR count). The number of nitrogens with zero attached hydrogens (tertiary/aromatic N) is 1. The number of carbonyl (C=O) groups is 1. The van der Waals surface area contributed by atoms with Gasteiger partial charge >= 0.3 is 5.97 Å². The summed E-state index contributed by atoms with van der Waals surface area (Å²) >= 11 is 0. The van der Waals surface area contributed by atoms with Gasteiger partial charge in [0.15, 0.2) is 0 Å². The molecular formula is C13H25NO3. The molecule has 100 valence electrons. The summed E-state index contributed by atoms with van der Waals surface area (Å²) < 4.78 is 5.53. The third kappa shape index (κ3) is 6.03. The quantitative estimate of drug-likeness (QED) is 0.596. The number of carboxylic acids is 1. The lowest BCUT2D eigenvalue weighted by Crippen LogP contribution is -2.40. The molecule has 0 aromatic carbocycles. The molecule has 0 aromatic rings. The molecule has 4 nitrogen and oxygen atoms in total. The van der Waals surface area contributed by atoms with E-state index in [1.807, 2.05) is 11.9 Å². The molecule has 0 spiro atoms. The van der Waals surface area contributed by atoms with E-state index in [0.717, 1.165) is 31.8 Å². The lowest BCUT2D eigenvalue weighted by Gasteiger charge is -2.24. The molecule has 0 radical (unpaired) electrons. The second-order valence-corrected chi connectivity index (χ2v) is 5.00. The van der Waals surface area contributed by atoms with Crippen LogP contribution in [0.1, 0.15) is 39.0 Å². The van der Waals surface area contributed by atoms with Gasteiger partial charge in [0.2, 0.25) is 0 Å². The molecule has 0 heterocycles. The highest BCUT2D eigenvalue weighted by molar-refractivity contribution is 5.73. The Bertz CT molecular complexity index is 229. The van der Waals surface area contributed by atoms with E-state index in [2.05, 4.69) is 6.92 Å². The van der Waals surface area contributed by atoms with Gasteiger partial charge < -0.3 is 9.84 Å². The van der Waals surface area contributed by atoms with E-state index in [9.17, 15) is 4.79 Å². The summed E-state index contributed by atoms with van der Waals surface area (Å²) in [5.74, 6) is 0.0545. The van der Waals surface area contributed by atoms with E-state index in [1.165, 1.54) is 12.8 Å². The molecule has 0 aliphatic heterocycles. The van der Waals surface area contributed by atoms with Gasteiger partial charge in [-0.25, -0.2) is 0 Å². The Morgan fingerprint density at radius 1 is 1.53 bits per heavy atom. The van der Waals surface area contributed by atoms with Crippen LogP contribution in [0.3, 0.4) is 0 Å². The van der Waals surface area contributed by atoms with E-state index < -0.39 is 5.97 Å². The minimum absolute atomic E-state index is 0.362. The van der Waals surface area contributed by atoms with Crippen LogP contribution in [0.5, 0.6) is 0 Å². The summed E-state index contributed by atoms with van der Waals surface area (Å²) in [6.07, 6.45) is 5.32. The molecule has 1 aliphatic carbocycles. The lowest BCUT2D eigenvalue weighted by molar-refractivity contribution is -0.143. The maximum Gasteiger partial charge on any atom is 0.320 e. The number of hydrogen-bond acceptors (Lipinski definition) is 3. The van der Waals surface area contributed by atoms with Gasteiger partial charge in [0, 0.05) is 13.2 Å². The van der Waals surface area contributed by atoms with Crippen molar-refractivity contribution in [2.24, 2.45) is 5.92 Å². The second kappa shape index (κ2) is 7.67. The number of likely N-dealkylation sites (N-methyl/N-ethyl adjacent to an activating group) is 1. The SMILES string of the molecule is CCCCC(C(=O)O)N(C)CCOCC1CC1. The van der Waals surface area contributed by atoms with Crippen molar-refractivity contribution in [2.75, 3.05) is 26.8 Å². The van der Waals surface area contributed by atoms with Crippen LogP contribution >= 0.6 is 0 Å². The molecular weight excluding hydrogens is 218 g/mol. The summed E-state index contributed by atoms with van der Waals surface area (Å²) in [6, 6.07) is -0.362. The minimum atomic E-state index is -0.719. The Kier molecular flexibility index (Phi) is 6.52. The number of carboxylic acid groups (broad SMARTS) is 1. The van der Waals surface area contributed by atoms with Crippen molar-refractivity contribution < 1.29 is 14.6 Å². The van der Waals surface area contributed by atoms with Crippen LogP contribution in [0.15, 0.2) is 0 Å². The maximum atomic E-state index is 11.1. The van der Waals surface area contributed by atoms with Crippen molar-refractivity contribution in [2.45, 2.75) is 45.1 Å². The molecule has 0 bridgehead atoms. The Hall–Kier alpha value is -0.610. The van der Waals surface area contributed by atoms with Crippen LogP contribution in [-0.2, 0) is 9.53 Å². The van der Waals surface area contributed by atoms with E-state index in [4.69, 9.17) is 9.84 Å². The largest absolute Gasteiger partial charge is 0.480 e. The fourth-order valence-electron chi connectivity index (χ4n) is 1.83. The molecule has 0 amide bonds. The zero-order chi connectivity index (χ0) is 12.7. The molecule has 1 atom stereocenters. The normalized spacial score (nSPS) is 17.4. The summed E-state index contributed by atoms with van der Waals surface area (Å²) in [6.45, 7) is 4.27. The predicted molar refractivity (Wildman–Crippen MR) is 67.1 cm³/mol. The van der Waals surface area contributed by atoms with Gasteiger partial charge in [-0.1, -0.05) is 19.8 Å². The lowest BCUT2D eigenvalue weighted by atomic mass is 10.1. The van der Waals surface area contributed by atoms with E-state index in [1.54, 1.807) is 0 Å². The zero-order valence-electron chi connectivity index (χ0n) is 11.0. The number of unbranched alkanes of at least 4 members (excludes halogenated alkanes) is 1. The van der Waals surface area contributed by atoms with Crippen molar-refractivity contribution in [1.82, 2.24) is 4.90 Å². The van der Waals surface area contributed by atoms with E-state index in [-0.39, 0.29) is 6.04 Å². The first-order chi connectivity index (χ1) is 8.15. The third-order valence-corrected chi connectivity index (χ3v) is 3.29. The smallest absolute Gasteiger partial charge is 0.320 e. The standard InChI is InChI=1S/C13H25NO3/c1-3-4-5-12(13(15)16)14(2)8-9-17-10-11-6-7-11/h11-12H,3-10H2,1-2H3,(H,15,16). The van der Waals surface area contributed by atoms with Gasteiger partial charge in [0.25, 0.3) is 0 Å². The first kappa shape index (κ1) is 14.5. The van der Waals surface area contributed by atoms with Crippen molar-refractivity contribution in [3.05, 3.63) is 0 Å². The number of ether oxygens (including phenoxy) is 1. The number of rotatable bonds is 10. The molecule has 1 fully saturated rings. The molecule has 1 unspecified atom stereocenters. The van der Waals surface area contributed by atoms with Gasteiger partial charge in [-0.15, -0.1) is 0 Å². The Morgan fingerprint density at radius 2 is 2.24 bits per heavy atom. The maximum absolute atomic E-state index is 11.1. The van der Waals surface area contributed by atoms with Crippen molar-refractivity contribution in [1.29, 1.82) is 0 Å². The van der Waals surface area contributed by atoms with E-state index >= 15 is 0 Å². The summed E-state index contributed by atoms with van der Waals surface area (Å²) in [4.78, 5) is 13.0. The molecule has 0 saturated heterocycles. The Morgan fingerprint density at radius 3 is 2.76 bits per heavy atom. The van der Waals surface area contributed by atoms with Gasteiger partial charge in [0.05, 0.1) is 6.61 Å². The van der Waals surface area contributed by atoms with Gasteiger partial charge in [0.1, 0.15) is 6.04 Å². The molecule has 0 aromatic heterocycles. The number of hydrogen-bond donors (Lipinski definition) is 1. The Balaban J connectivity index is 2.15. The van der Waals surface area contributed by atoms with Crippen LogP contribution in [-0.4, -0.2) is 48.8 Å². The fourth-order valence-corrected chi connectivity index (χ4v) is 1.83. The average molecular weight is 243 g/mol. The molecule has 4 heteroatoms. The first-order valence-electron chi connectivity index (χ1n) is 6.66. The highest BCUT2D eigenvalue weighted by Gasteiger charge is 2.23. The Labute approximate surface area is 104 Å². The number of aliphatic carboxylic acids is 1. The highest BCUT2D eigenvalue weighted by Crippen LogP contribution is 2.28. The van der Waals surface area contributed by atoms with Gasteiger partial charge in [-0.05, 0) is 32.2 Å². The van der Waals surface area contributed by atoms with Gasteiger partial charge in [-0.2, -0.15) is 0 Å². The summed E-state index contributed by atoms with van der Waals surface area (Å²) in [5, 5.41) is 9.14. The predicted octanol–water partition coefficient (Wildman–Crippen LogP) is 1.99. The molecule has 17 heavy (non-hydrogen) atoms. The van der Waals surface area contributed by atoms with Crippen LogP contribution in [0, 0.1) is 5.92 Å². The highest BCUT2D eigenvalue weighted by atomic mass is 16.5. The van der Waals surface area contributed by atoms with Crippen molar-refractivity contribution >= 4 is 5.97 Å². The van der Waals surface area contributed by atoms with Crippen LogP contribution in [0.4, 0.5) is 0 Å². The topological polar surface area (TPSA) is 49.8 Å². The minimum Gasteiger partial charge on any atom is -0.480 e. The molecule has 1 N–H and O–H groups in total. The van der Waals surface area contributed by atoms with Gasteiger partial charge in [-0.3, -0.25) is 9.69 Å². The van der Waals surface area contributed by atoms with Crippen molar-refractivity contribution in [3.63, 3.8) is 0 Å². The monoisotopic (exact) mass is 243 g/mol. The van der Waals surface area contributed by atoms with Crippen molar-refractivity contribution in [3.8, 4) is 0 Å². The zero-order valence-corrected chi connectivity index (χ0v) is 11.0. The fraction of sp³-hybridized carbons (Fsp3) is 0.923. The van der Waals surface area contributed by atoms with Crippen LogP contribution < -0.4 is 0 Å². The summed E-state index contributed by atoms with van der Waals surface area (Å²) in [7, 11) is 1.87.